The third-order valence-corrected chi connectivity index (χ3v) is 6.56. The topological polar surface area (TPSA) is 66.5 Å². The van der Waals surface area contributed by atoms with Gasteiger partial charge in [0.15, 0.2) is 0 Å². The molecule has 7 heteroatoms. The maximum Gasteiger partial charge on any atom is 0.243 e. The molecule has 0 atom stereocenters. The third kappa shape index (κ3) is 5.40. The van der Waals surface area contributed by atoms with Gasteiger partial charge >= 0.3 is 0 Å². The third-order valence-electron chi connectivity index (χ3n) is 4.03. The molecule has 0 radical (unpaired) electrons. The monoisotopic (exact) mass is 506 g/mol. The first kappa shape index (κ1) is 20.5. The van der Waals surface area contributed by atoms with Crippen molar-refractivity contribution in [2.45, 2.75) is 11.4 Å². The molecule has 144 valence electrons. The first-order valence-corrected chi connectivity index (χ1v) is 11.1. The van der Waals surface area contributed by atoms with Crippen molar-refractivity contribution < 1.29 is 13.2 Å². The van der Waals surface area contributed by atoms with Crippen molar-refractivity contribution in [1.82, 2.24) is 4.31 Å². The van der Waals surface area contributed by atoms with Gasteiger partial charge in [-0.25, -0.2) is 8.42 Å². The van der Waals surface area contributed by atoms with Gasteiger partial charge in [0.2, 0.25) is 15.9 Å². The Hall–Kier alpha value is -2.23. The summed E-state index contributed by atoms with van der Waals surface area (Å²) in [6.07, 6.45) is 0. The van der Waals surface area contributed by atoms with Gasteiger partial charge in [-0.2, -0.15) is 4.31 Å². The van der Waals surface area contributed by atoms with Crippen molar-refractivity contribution in [1.29, 1.82) is 0 Å². The predicted molar refractivity (Wildman–Crippen MR) is 118 cm³/mol. The molecule has 0 unspecified atom stereocenters. The molecular formula is C21H19IN2O3S. The van der Waals surface area contributed by atoms with E-state index in [1.165, 1.54) is 16.4 Å². The summed E-state index contributed by atoms with van der Waals surface area (Å²) in [5, 5.41) is 2.76. The predicted octanol–water partition coefficient (Wildman–Crippen LogP) is 4.12. The minimum Gasteiger partial charge on any atom is -0.325 e. The molecule has 3 aromatic rings. The van der Waals surface area contributed by atoms with Crippen LogP contribution in [0.25, 0.3) is 0 Å². The molecule has 3 rings (SSSR count). The van der Waals surface area contributed by atoms with E-state index in [2.05, 4.69) is 27.9 Å². The summed E-state index contributed by atoms with van der Waals surface area (Å²) in [6, 6.07) is 24.7. The van der Waals surface area contributed by atoms with Crippen molar-refractivity contribution in [3.8, 4) is 0 Å². The van der Waals surface area contributed by atoms with Crippen molar-refractivity contribution in [2.24, 2.45) is 0 Å². The van der Waals surface area contributed by atoms with Gasteiger partial charge in [0, 0.05) is 15.8 Å². The Bertz CT molecular complexity index is 1020. The van der Waals surface area contributed by atoms with E-state index in [-0.39, 0.29) is 18.0 Å². The molecule has 1 amide bonds. The molecule has 1 N–H and O–H groups in total. The molecule has 0 aliphatic carbocycles. The summed E-state index contributed by atoms with van der Waals surface area (Å²) < 4.78 is 28.5. The number of benzene rings is 3. The van der Waals surface area contributed by atoms with Crippen molar-refractivity contribution in [3.05, 3.63) is 94.1 Å². The molecule has 0 bridgehead atoms. The maximum atomic E-state index is 13.1. The van der Waals surface area contributed by atoms with Gasteiger partial charge in [-0.1, -0.05) is 48.5 Å². The van der Waals surface area contributed by atoms with E-state index in [4.69, 9.17) is 0 Å². The first-order valence-electron chi connectivity index (χ1n) is 8.60. The summed E-state index contributed by atoms with van der Waals surface area (Å²) in [6.45, 7) is -0.170. The highest BCUT2D eigenvalue weighted by molar-refractivity contribution is 14.1. The number of hydrogen-bond donors (Lipinski definition) is 1. The van der Waals surface area contributed by atoms with Gasteiger partial charge in [-0.05, 0) is 64.6 Å². The van der Waals surface area contributed by atoms with Crippen molar-refractivity contribution in [2.75, 3.05) is 11.9 Å². The number of halogens is 1. The largest absolute Gasteiger partial charge is 0.325 e. The van der Waals surface area contributed by atoms with Gasteiger partial charge < -0.3 is 5.32 Å². The Morgan fingerprint density at radius 1 is 0.857 bits per heavy atom. The SMILES string of the molecule is O=C(CN(Cc1ccccc1)S(=O)(=O)c1ccccc1)Nc1ccc(I)cc1. The minimum absolute atomic E-state index is 0.109. The Morgan fingerprint density at radius 3 is 2.04 bits per heavy atom. The molecule has 0 aliphatic rings. The zero-order valence-electron chi connectivity index (χ0n) is 15.0. The standard InChI is InChI=1S/C21H19IN2O3S/c22-18-11-13-19(14-12-18)23-21(25)16-24(15-17-7-3-1-4-8-17)28(26,27)20-9-5-2-6-10-20/h1-14H,15-16H2,(H,23,25). The van der Waals surface area contributed by atoms with Gasteiger partial charge in [0.1, 0.15) is 0 Å². The van der Waals surface area contributed by atoms with Gasteiger partial charge in [-0.15, -0.1) is 0 Å². The number of sulfonamides is 1. The number of rotatable bonds is 7. The van der Waals surface area contributed by atoms with Crippen LogP contribution in [-0.4, -0.2) is 25.2 Å². The molecule has 28 heavy (non-hydrogen) atoms. The fourth-order valence-electron chi connectivity index (χ4n) is 2.65. The van der Waals surface area contributed by atoms with Crippen LogP contribution in [0, 0.1) is 3.57 Å². The van der Waals surface area contributed by atoms with E-state index in [1.54, 1.807) is 30.3 Å². The Kier molecular flexibility index (Phi) is 6.82. The molecule has 0 saturated heterocycles. The van der Waals surface area contributed by atoms with Crippen LogP contribution < -0.4 is 5.32 Å². The molecule has 0 aliphatic heterocycles. The van der Waals surface area contributed by atoms with Crippen LogP contribution in [0.3, 0.4) is 0 Å². The summed E-state index contributed by atoms with van der Waals surface area (Å²) in [7, 11) is -3.82. The van der Waals surface area contributed by atoms with E-state index in [0.29, 0.717) is 5.69 Å². The average Bonchev–Trinajstić information content (AvgIpc) is 2.71. The van der Waals surface area contributed by atoms with Crippen LogP contribution in [0.15, 0.2) is 89.8 Å². The zero-order chi connectivity index (χ0) is 20.0. The number of carbonyl (C=O) groups is 1. The van der Waals surface area contributed by atoms with Crippen LogP contribution in [0.5, 0.6) is 0 Å². The van der Waals surface area contributed by atoms with Gasteiger partial charge in [0.05, 0.1) is 11.4 Å². The van der Waals surface area contributed by atoms with Crippen LogP contribution >= 0.6 is 22.6 Å². The lowest BCUT2D eigenvalue weighted by Gasteiger charge is -2.22. The summed E-state index contributed by atoms with van der Waals surface area (Å²) >= 11 is 2.18. The quantitative estimate of drug-likeness (QED) is 0.491. The summed E-state index contributed by atoms with van der Waals surface area (Å²) in [4.78, 5) is 12.7. The molecule has 0 heterocycles. The van der Waals surface area contributed by atoms with E-state index < -0.39 is 15.9 Å². The average molecular weight is 506 g/mol. The lowest BCUT2D eigenvalue weighted by Crippen LogP contribution is -2.37. The van der Waals surface area contributed by atoms with Gasteiger partial charge in [0.25, 0.3) is 0 Å². The lowest BCUT2D eigenvalue weighted by molar-refractivity contribution is -0.116. The summed E-state index contributed by atoms with van der Waals surface area (Å²) in [5.74, 6) is -0.392. The Morgan fingerprint density at radius 2 is 1.43 bits per heavy atom. The van der Waals surface area contributed by atoms with E-state index >= 15 is 0 Å². The molecule has 3 aromatic carbocycles. The molecular weight excluding hydrogens is 487 g/mol. The number of nitrogens with one attached hydrogen (secondary N) is 1. The number of carbonyl (C=O) groups excluding carboxylic acids is 1. The maximum absolute atomic E-state index is 13.1. The minimum atomic E-state index is -3.82. The van der Waals surface area contributed by atoms with E-state index in [9.17, 15) is 13.2 Å². The fourth-order valence-corrected chi connectivity index (χ4v) is 4.41. The number of amides is 1. The number of nitrogens with zero attached hydrogens (tertiary/aromatic N) is 1. The van der Waals surface area contributed by atoms with E-state index in [0.717, 1.165) is 9.13 Å². The molecule has 0 aromatic heterocycles. The van der Waals surface area contributed by atoms with Crippen molar-refractivity contribution in [3.63, 3.8) is 0 Å². The molecule has 0 spiro atoms. The Labute approximate surface area is 178 Å². The molecule has 0 fully saturated rings. The zero-order valence-corrected chi connectivity index (χ0v) is 17.9. The number of hydrogen-bond acceptors (Lipinski definition) is 3. The van der Waals surface area contributed by atoms with Crippen LogP contribution in [-0.2, 0) is 21.4 Å². The first-order chi connectivity index (χ1) is 13.4. The fraction of sp³-hybridized carbons (Fsp3) is 0.0952. The molecule has 0 saturated carbocycles. The normalized spacial score (nSPS) is 11.4. The summed E-state index contributed by atoms with van der Waals surface area (Å²) in [5.41, 5.74) is 1.44. The number of anilines is 1. The highest BCUT2D eigenvalue weighted by Crippen LogP contribution is 2.19. The second kappa shape index (κ2) is 9.31. The van der Waals surface area contributed by atoms with Crippen molar-refractivity contribution >= 4 is 44.2 Å². The van der Waals surface area contributed by atoms with Crippen LogP contribution in [0.1, 0.15) is 5.56 Å². The lowest BCUT2D eigenvalue weighted by atomic mass is 10.2. The highest BCUT2D eigenvalue weighted by Gasteiger charge is 2.26. The highest BCUT2D eigenvalue weighted by atomic mass is 127. The van der Waals surface area contributed by atoms with Crippen LogP contribution in [0.2, 0.25) is 0 Å². The Balaban J connectivity index is 1.83. The molecule has 5 nitrogen and oxygen atoms in total. The van der Waals surface area contributed by atoms with Gasteiger partial charge in [-0.3, -0.25) is 4.79 Å². The van der Waals surface area contributed by atoms with Crippen LogP contribution in [0.4, 0.5) is 5.69 Å². The van der Waals surface area contributed by atoms with E-state index in [1.807, 2.05) is 42.5 Å². The second-order valence-corrected chi connectivity index (χ2v) is 9.31. The second-order valence-electron chi connectivity index (χ2n) is 6.13. The smallest absolute Gasteiger partial charge is 0.243 e.